The van der Waals surface area contributed by atoms with Gasteiger partial charge >= 0.3 is 5.97 Å². The van der Waals surface area contributed by atoms with Crippen molar-refractivity contribution < 1.29 is 18.7 Å². The van der Waals surface area contributed by atoms with E-state index in [1.54, 1.807) is 28.9 Å². The molecule has 0 heterocycles. The molecule has 0 saturated carbocycles. The van der Waals surface area contributed by atoms with Crippen LogP contribution in [0.25, 0.3) is 0 Å². The highest BCUT2D eigenvalue weighted by Crippen LogP contribution is 2.48. The number of ether oxygens (including phenoxy) is 1. The van der Waals surface area contributed by atoms with Crippen molar-refractivity contribution in [1.82, 2.24) is 4.67 Å². The number of benzene rings is 5. The Hall–Kier alpha value is -3.72. The molecule has 43 heavy (non-hydrogen) atoms. The summed E-state index contributed by atoms with van der Waals surface area (Å²) in [4.78, 5) is 12.2. The molecule has 0 bridgehead atoms. The highest BCUT2D eigenvalue weighted by molar-refractivity contribution is 8.00. The number of hydrogen-bond acceptors (Lipinski definition) is 4. The van der Waals surface area contributed by atoms with E-state index in [0.29, 0.717) is 34.2 Å². The van der Waals surface area contributed by atoms with Gasteiger partial charge in [-0.2, -0.15) is 0 Å². The number of hydrogen-bond donors (Lipinski definition) is 0. The van der Waals surface area contributed by atoms with Crippen LogP contribution in [0, 0.1) is 0 Å². The van der Waals surface area contributed by atoms with E-state index in [2.05, 4.69) is 0 Å². The van der Waals surface area contributed by atoms with Gasteiger partial charge in [0.05, 0.1) is 7.11 Å². The van der Waals surface area contributed by atoms with E-state index in [0.717, 1.165) is 5.56 Å². The maximum Gasteiger partial charge on any atom is 0.320 e. The van der Waals surface area contributed by atoms with Crippen molar-refractivity contribution in [3.05, 3.63) is 157 Å². The predicted octanol–water partition coefficient (Wildman–Crippen LogP) is 6.79. The molecule has 0 radical (unpaired) electrons. The summed E-state index contributed by atoms with van der Waals surface area (Å²) in [6.45, 7) is -2.49. The zero-order valence-electron chi connectivity index (χ0n) is 23.9. The van der Waals surface area contributed by atoms with Crippen LogP contribution in [-0.4, -0.2) is 30.8 Å². The van der Waals surface area contributed by atoms with Gasteiger partial charge in [-0.25, -0.2) is 4.67 Å². The third-order valence-electron chi connectivity index (χ3n) is 6.83. The van der Waals surface area contributed by atoms with Crippen LogP contribution < -0.4 is 21.2 Å². The monoisotopic (exact) mass is 629 g/mol. The van der Waals surface area contributed by atoms with Gasteiger partial charge in [0.15, 0.2) is 0 Å². The molecule has 5 rings (SSSR count). The summed E-state index contributed by atoms with van der Waals surface area (Å²) in [6, 6.07) is 47.0. The van der Waals surface area contributed by atoms with Crippen LogP contribution in [0.3, 0.4) is 0 Å². The molecule has 5 aromatic carbocycles. The van der Waals surface area contributed by atoms with Gasteiger partial charge in [-0.15, -0.1) is 0 Å². The number of rotatable bonds is 10. The lowest BCUT2D eigenvalue weighted by molar-refractivity contribution is -0.140. The topological polar surface area (TPSA) is 63.7 Å². The first-order valence-corrected chi connectivity index (χ1v) is 18.1. The summed E-state index contributed by atoms with van der Waals surface area (Å²) in [5, 5.41) is 2.77. The van der Waals surface area contributed by atoms with E-state index < -0.39 is 19.8 Å². The molecule has 0 spiro atoms. The Labute approximate surface area is 258 Å². The first kappa shape index (κ1) is 32.2. The predicted molar refractivity (Wildman–Crippen MR) is 179 cm³/mol. The Morgan fingerprint density at radius 1 is 0.605 bits per heavy atom. The molecule has 0 aliphatic carbocycles. The van der Waals surface area contributed by atoms with E-state index in [1.807, 2.05) is 127 Å². The van der Waals surface area contributed by atoms with Crippen LogP contribution in [0.4, 0.5) is 0 Å². The molecule has 220 valence electrons. The minimum absolute atomic E-state index is 0.0373. The van der Waals surface area contributed by atoms with Gasteiger partial charge in [0.1, 0.15) is 6.54 Å². The molecule has 8 heteroatoms. The van der Waals surface area contributed by atoms with Crippen molar-refractivity contribution in [1.29, 1.82) is 0 Å². The highest BCUT2D eigenvalue weighted by Gasteiger charge is 2.35. The normalized spacial score (nSPS) is 11.3. The average Bonchev–Trinajstić information content (AvgIpc) is 3.08. The Kier molecular flexibility index (Phi) is 11.7. The van der Waals surface area contributed by atoms with Gasteiger partial charge in [0.2, 0.25) is 13.8 Å². The number of carbonyl (C=O) groups excluding carboxylic acids is 1. The van der Waals surface area contributed by atoms with E-state index in [-0.39, 0.29) is 6.54 Å². The van der Waals surface area contributed by atoms with Gasteiger partial charge < -0.3 is 4.74 Å². The summed E-state index contributed by atoms with van der Waals surface area (Å²) in [5.41, 5.74) is 1.13. The molecule has 5 nitrogen and oxygen atoms in total. The van der Waals surface area contributed by atoms with Gasteiger partial charge in [-0.3, -0.25) is 13.9 Å². The van der Waals surface area contributed by atoms with Crippen molar-refractivity contribution in [2.24, 2.45) is 0 Å². The molecule has 0 atom stereocenters. The minimum Gasteiger partial charge on any atom is -0.468 e. The molecule has 0 saturated heterocycles. The highest BCUT2D eigenvalue weighted by atomic mass is 35.7. The van der Waals surface area contributed by atoms with Gasteiger partial charge in [-0.1, -0.05) is 127 Å². The Balaban J connectivity index is 0.000000237. The fraction of sp³-hybridized carbons (Fsp3) is 0.114. The summed E-state index contributed by atoms with van der Waals surface area (Å²) in [5.74, 6) is -0.403. The maximum absolute atomic E-state index is 14.5. The van der Waals surface area contributed by atoms with Crippen molar-refractivity contribution in [3.8, 4) is 0 Å². The van der Waals surface area contributed by atoms with Crippen molar-refractivity contribution in [2.45, 2.75) is 6.42 Å². The fourth-order valence-electron chi connectivity index (χ4n) is 4.56. The van der Waals surface area contributed by atoms with Gasteiger partial charge in [-0.05, 0) is 47.5 Å². The molecule has 0 aliphatic heterocycles. The second kappa shape index (κ2) is 15.7. The van der Waals surface area contributed by atoms with Gasteiger partial charge in [0, 0.05) is 27.8 Å². The molecular formula is C35H34ClNO4P2. The summed E-state index contributed by atoms with van der Waals surface area (Å²) < 4.78 is 33.6. The first-order chi connectivity index (χ1) is 20.9. The number of methoxy groups -OCH3 is 1. The largest absolute Gasteiger partial charge is 0.468 e. The molecule has 0 N–H and O–H groups in total. The lowest BCUT2D eigenvalue weighted by Crippen LogP contribution is -2.37. The zero-order chi connectivity index (χ0) is 30.5. The summed E-state index contributed by atoms with van der Waals surface area (Å²) >= 11 is 6.14. The van der Waals surface area contributed by atoms with Crippen molar-refractivity contribution >= 4 is 52.2 Å². The molecule has 0 aliphatic rings. The number of esters is 1. The second-order valence-corrected chi connectivity index (χ2v) is 15.9. The molecule has 0 amide bonds. The van der Waals surface area contributed by atoms with E-state index in [9.17, 15) is 13.9 Å². The lowest BCUT2D eigenvalue weighted by Gasteiger charge is -2.31. The van der Waals surface area contributed by atoms with Crippen LogP contribution in [0.1, 0.15) is 5.56 Å². The number of nitrogens with zero attached hydrogens (tertiary/aromatic N) is 1. The zero-order valence-corrected chi connectivity index (χ0v) is 26.5. The fourth-order valence-corrected chi connectivity index (χ4v) is 9.45. The Bertz CT molecular complexity index is 1570. The standard InChI is InChI=1S/C23H24NO3P.C12H10ClOP/c1-27-23(25)19-24(18-17-20-11-5-2-6-12-20)28(26,21-13-7-3-8-14-21)22-15-9-4-10-16-22;13-15(14,11-7-3-1-4-8-11)12-9-5-2-6-10-12/h2-16H,17-19H2,1H3;1-10H. The third-order valence-corrected chi connectivity index (χ3v) is 13.1. The molecule has 0 aromatic heterocycles. The Morgan fingerprint density at radius 3 is 1.33 bits per heavy atom. The summed E-state index contributed by atoms with van der Waals surface area (Å²) in [7, 11) is -1.85. The van der Waals surface area contributed by atoms with Crippen LogP contribution >= 0.6 is 25.0 Å². The van der Waals surface area contributed by atoms with Gasteiger partial charge in [0.25, 0.3) is 0 Å². The minimum atomic E-state index is -3.21. The molecule has 0 unspecified atom stereocenters. The quantitative estimate of drug-likeness (QED) is 0.126. The number of carbonyl (C=O) groups is 1. The second-order valence-electron chi connectivity index (χ2n) is 9.65. The van der Waals surface area contributed by atoms with Crippen LogP contribution in [0.5, 0.6) is 0 Å². The average molecular weight is 630 g/mol. The van der Waals surface area contributed by atoms with Crippen LogP contribution in [0.15, 0.2) is 152 Å². The molecule has 0 fully saturated rings. The third kappa shape index (κ3) is 8.44. The van der Waals surface area contributed by atoms with Crippen molar-refractivity contribution in [2.75, 3.05) is 20.2 Å². The maximum atomic E-state index is 14.5. The first-order valence-electron chi connectivity index (χ1n) is 13.8. The van der Waals surface area contributed by atoms with E-state index in [1.165, 1.54) is 7.11 Å². The van der Waals surface area contributed by atoms with Crippen molar-refractivity contribution in [3.63, 3.8) is 0 Å². The molecular weight excluding hydrogens is 596 g/mol. The lowest BCUT2D eigenvalue weighted by atomic mass is 10.1. The van der Waals surface area contributed by atoms with Crippen LogP contribution in [0.2, 0.25) is 0 Å². The molecule has 5 aromatic rings. The van der Waals surface area contributed by atoms with E-state index >= 15 is 0 Å². The summed E-state index contributed by atoms with van der Waals surface area (Å²) in [6.07, 6.45) is 0.682. The Morgan fingerprint density at radius 2 is 0.953 bits per heavy atom. The SMILES string of the molecule is COC(=O)CN(CCc1ccccc1)P(=O)(c1ccccc1)c1ccccc1.O=P(Cl)(c1ccccc1)c1ccccc1. The number of halogens is 1. The van der Waals surface area contributed by atoms with E-state index in [4.69, 9.17) is 16.0 Å². The smallest absolute Gasteiger partial charge is 0.320 e. The van der Waals surface area contributed by atoms with Crippen LogP contribution in [-0.2, 0) is 25.1 Å².